The minimum absolute atomic E-state index is 0.00724. The summed E-state index contributed by atoms with van der Waals surface area (Å²) in [6.07, 6.45) is 44.6. The quantitative estimate of drug-likeness (QED) is 0.0238. The first kappa shape index (κ1) is 49.3. The van der Waals surface area contributed by atoms with Gasteiger partial charge in [-0.05, 0) is 45.2 Å². The van der Waals surface area contributed by atoms with Crippen LogP contribution in [-0.2, 0) is 9.59 Å². The van der Waals surface area contributed by atoms with Crippen LogP contribution in [0, 0.1) is 0 Å². The first-order chi connectivity index (χ1) is 24.9. The molecule has 0 aromatic carbocycles. The number of carbonyl (C=O) groups is 2. The molecule has 0 fully saturated rings. The van der Waals surface area contributed by atoms with Crippen molar-refractivity contribution in [2.75, 3.05) is 13.1 Å². The minimum Gasteiger partial charge on any atom is -0.480 e. The molecule has 0 rings (SSSR count). The Morgan fingerprint density at radius 2 is 0.824 bits per heavy atom. The van der Waals surface area contributed by atoms with Crippen LogP contribution in [0.25, 0.3) is 0 Å². The molecule has 302 valence electrons. The molecule has 0 saturated heterocycles. The third-order valence-electron chi connectivity index (χ3n) is 10.5. The number of guanidine groups is 1. The summed E-state index contributed by atoms with van der Waals surface area (Å²) in [5.41, 5.74) is 16.5. The highest BCUT2D eigenvalue weighted by atomic mass is 16.4. The van der Waals surface area contributed by atoms with Crippen LogP contribution >= 0.6 is 0 Å². The lowest BCUT2D eigenvalue weighted by Crippen LogP contribution is -2.34. The van der Waals surface area contributed by atoms with Crippen molar-refractivity contribution in [1.82, 2.24) is 5.32 Å². The molecule has 0 radical (unpaired) electrons. The highest BCUT2D eigenvalue weighted by Crippen LogP contribution is 2.16. The predicted molar refractivity (Wildman–Crippen MR) is 220 cm³/mol. The summed E-state index contributed by atoms with van der Waals surface area (Å²) in [6, 6.07) is -1.71. The number of nitrogens with zero attached hydrogens (tertiary/aromatic N) is 1. The van der Waals surface area contributed by atoms with Crippen LogP contribution in [0.2, 0.25) is 0 Å². The van der Waals surface area contributed by atoms with Crippen LogP contribution in [0.1, 0.15) is 232 Å². The van der Waals surface area contributed by atoms with E-state index < -0.39 is 18.1 Å². The van der Waals surface area contributed by atoms with Gasteiger partial charge >= 0.3 is 5.97 Å². The second-order valence-corrected chi connectivity index (χ2v) is 15.5. The van der Waals surface area contributed by atoms with Gasteiger partial charge in [-0.1, -0.05) is 193 Å². The topological polar surface area (TPSA) is 157 Å². The van der Waals surface area contributed by atoms with E-state index in [9.17, 15) is 9.59 Å². The maximum Gasteiger partial charge on any atom is 0.328 e. The maximum atomic E-state index is 12.3. The molecule has 0 spiro atoms. The third kappa shape index (κ3) is 37.9. The lowest BCUT2D eigenvalue weighted by Gasteiger charge is -2.13. The fourth-order valence-corrected chi connectivity index (χ4v) is 7.05. The largest absolute Gasteiger partial charge is 0.480 e. The number of carboxylic acids is 1. The van der Waals surface area contributed by atoms with Gasteiger partial charge in [-0.15, -0.1) is 0 Å². The molecule has 0 heterocycles. The molecule has 51 heavy (non-hydrogen) atoms. The summed E-state index contributed by atoms with van der Waals surface area (Å²) < 4.78 is 0. The fourth-order valence-electron chi connectivity index (χ4n) is 7.05. The number of aliphatic carboxylic acids is 1. The zero-order valence-corrected chi connectivity index (χ0v) is 33.8. The number of carbonyl (C=O) groups excluding carboxylic acids is 1. The SMILES string of the molecule is CCCCCCCCCCCCCCCCCCNCCCCCCCCCCCCCCCCCCC(=O)C(N)CCC(N=C(N)N)C(=O)O. The second-order valence-electron chi connectivity index (χ2n) is 15.5. The van der Waals surface area contributed by atoms with Crippen molar-refractivity contribution in [3.63, 3.8) is 0 Å². The average molecular weight is 722 g/mol. The van der Waals surface area contributed by atoms with Gasteiger partial charge in [0.1, 0.15) is 5.78 Å². The Bertz CT molecular complexity index is 790. The van der Waals surface area contributed by atoms with Gasteiger partial charge in [0.15, 0.2) is 12.0 Å². The van der Waals surface area contributed by atoms with Crippen LogP contribution in [0.4, 0.5) is 0 Å². The van der Waals surface area contributed by atoms with Crippen molar-refractivity contribution in [2.24, 2.45) is 22.2 Å². The van der Waals surface area contributed by atoms with Crippen molar-refractivity contribution >= 4 is 17.7 Å². The van der Waals surface area contributed by atoms with Crippen LogP contribution in [0.5, 0.6) is 0 Å². The zero-order chi connectivity index (χ0) is 37.5. The van der Waals surface area contributed by atoms with Crippen LogP contribution < -0.4 is 22.5 Å². The Balaban J connectivity index is 3.26. The molecule has 0 aromatic rings. The van der Waals surface area contributed by atoms with Crippen LogP contribution in [-0.4, -0.2) is 48.0 Å². The van der Waals surface area contributed by atoms with Crippen molar-refractivity contribution in [2.45, 2.75) is 244 Å². The molecule has 0 saturated carbocycles. The lowest BCUT2D eigenvalue weighted by molar-refractivity contribution is -0.138. The first-order valence-corrected chi connectivity index (χ1v) is 22.2. The van der Waals surface area contributed by atoms with E-state index in [1.165, 1.54) is 199 Å². The normalized spacial score (nSPS) is 12.6. The smallest absolute Gasteiger partial charge is 0.328 e. The highest BCUT2D eigenvalue weighted by molar-refractivity contribution is 5.84. The van der Waals surface area contributed by atoms with Gasteiger partial charge in [-0.2, -0.15) is 0 Å². The molecule has 8 heteroatoms. The lowest BCUT2D eigenvalue weighted by atomic mass is 9.99. The Hall–Kier alpha value is -1.67. The van der Waals surface area contributed by atoms with E-state index in [1.807, 2.05) is 0 Å². The van der Waals surface area contributed by atoms with Crippen LogP contribution in [0.15, 0.2) is 4.99 Å². The summed E-state index contributed by atoms with van der Waals surface area (Å²) >= 11 is 0. The van der Waals surface area contributed by atoms with Gasteiger partial charge in [-0.3, -0.25) is 4.79 Å². The van der Waals surface area contributed by atoms with Gasteiger partial charge in [0.05, 0.1) is 6.04 Å². The molecule has 0 aliphatic carbocycles. The van der Waals surface area contributed by atoms with E-state index in [4.69, 9.17) is 22.3 Å². The number of aliphatic imine (C=N–C) groups is 1. The number of ketones is 1. The summed E-state index contributed by atoms with van der Waals surface area (Å²) in [4.78, 5) is 27.2. The van der Waals surface area contributed by atoms with Crippen molar-refractivity contribution in [1.29, 1.82) is 0 Å². The zero-order valence-electron chi connectivity index (χ0n) is 33.8. The standard InChI is InChI=1S/C43H87N5O3/c1-2-3-4-5-6-7-8-9-10-14-17-20-23-26-29-32-37-47-38-33-30-27-24-21-18-15-12-11-13-16-19-22-25-28-31-34-41(49)39(44)35-36-40(42(50)51)48-43(45)46/h39-40,47H,2-38,44H2,1H3,(H,50,51)(H4,45,46,48). The van der Waals surface area contributed by atoms with Gasteiger partial charge in [0, 0.05) is 6.42 Å². The van der Waals surface area contributed by atoms with E-state index in [0.717, 1.165) is 19.3 Å². The molecule has 0 amide bonds. The summed E-state index contributed by atoms with van der Waals surface area (Å²) in [5, 5.41) is 12.8. The van der Waals surface area contributed by atoms with Crippen molar-refractivity contribution in [3.8, 4) is 0 Å². The Kier molecular flexibility index (Phi) is 38.2. The number of nitrogens with one attached hydrogen (secondary N) is 1. The van der Waals surface area contributed by atoms with Crippen molar-refractivity contribution in [3.05, 3.63) is 0 Å². The third-order valence-corrected chi connectivity index (χ3v) is 10.5. The molecular weight excluding hydrogens is 635 g/mol. The van der Waals surface area contributed by atoms with Crippen molar-refractivity contribution < 1.29 is 14.7 Å². The van der Waals surface area contributed by atoms with E-state index in [1.54, 1.807) is 0 Å². The summed E-state index contributed by atoms with van der Waals surface area (Å²) in [5.74, 6) is -1.39. The van der Waals surface area contributed by atoms with Gasteiger partial charge < -0.3 is 27.6 Å². The minimum atomic E-state index is -1.11. The number of carboxylic acid groups (broad SMARTS) is 1. The van der Waals surface area contributed by atoms with Gasteiger partial charge in [0.2, 0.25) is 0 Å². The molecule has 0 aliphatic rings. The number of Topliss-reactive ketones (excluding diaryl/α,β-unsaturated/α-hetero) is 1. The average Bonchev–Trinajstić information content (AvgIpc) is 3.11. The van der Waals surface area contributed by atoms with E-state index >= 15 is 0 Å². The van der Waals surface area contributed by atoms with Crippen LogP contribution in [0.3, 0.4) is 0 Å². The number of hydrogen-bond acceptors (Lipinski definition) is 5. The van der Waals surface area contributed by atoms with E-state index in [0.29, 0.717) is 6.42 Å². The molecule has 0 bridgehead atoms. The maximum absolute atomic E-state index is 12.3. The molecule has 2 atom stereocenters. The Labute approximate surface area is 316 Å². The highest BCUT2D eigenvalue weighted by Gasteiger charge is 2.20. The molecular formula is C43H87N5O3. The first-order valence-electron chi connectivity index (χ1n) is 22.2. The number of unbranched alkanes of at least 4 members (excludes halogenated alkanes) is 30. The second kappa shape index (κ2) is 39.5. The Morgan fingerprint density at radius 1 is 0.510 bits per heavy atom. The number of hydrogen-bond donors (Lipinski definition) is 5. The van der Waals surface area contributed by atoms with E-state index in [-0.39, 0.29) is 24.6 Å². The molecule has 2 unspecified atom stereocenters. The molecule has 0 aromatic heterocycles. The number of rotatable bonds is 42. The molecule has 8 N–H and O–H groups in total. The predicted octanol–water partition coefficient (Wildman–Crippen LogP) is 10.9. The summed E-state index contributed by atoms with van der Waals surface area (Å²) in [7, 11) is 0. The number of nitrogens with two attached hydrogens (primary N) is 3. The fraction of sp³-hybridized carbons (Fsp3) is 0.930. The van der Waals surface area contributed by atoms with E-state index in [2.05, 4.69) is 17.2 Å². The molecule has 8 nitrogen and oxygen atoms in total. The van der Waals surface area contributed by atoms with Gasteiger partial charge in [-0.25, -0.2) is 9.79 Å². The van der Waals surface area contributed by atoms with Gasteiger partial charge in [0.25, 0.3) is 0 Å². The Morgan fingerprint density at radius 3 is 1.14 bits per heavy atom. The monoisotopic (exact) mass is 722 g/mol. The summed E-state index contributed by atoms with van der Waals surface area (Å²) in [6.45, 7) is 4.71. The molecule has 0 aliphatic heterocycles.